The van der Waals surface area contributed by atoms with Crippen LogP contribution < -0.4 is 20.1 Å². The van der Waals surface area contributed by atoms with Gasteiger partial charge in [-0.25, -0.2) is 0 Å². The molecule has 2 aromatic rings. The molecule has 0 saturated heterocycles. The smallest absolute Gasteiger partial charge is 0.191 e. The van der Waals surface area contributed by atoms with E-state index in [2.05, 4.69) is 34.6 Å². The van der Waals surface area contributed by atoms with Crippen LogP contribution in [0.2, 0.25) is 0 Å². The van der Waals surface area contributed by atoms with Crippen LogP contribution in [-0.4, -0.2) is 38.4 Å². The molecule has 0 aliphatic rings. The third-order valence-corrected chi connectivity index (χ3v) is 3.53. The molecule has 2 N–H and O–H groups in total. The highest BCUT2D eigenvalue weighted by atomic mass is 16.5. The van der Waals surface area contributed by atoms with Gasteiger partial charge in [0.15, 0.2) is 11.7 Å². The zero-order valence-electron chi connectivity index (χ0n) is 15.2. The standard InChI is InChI=1S/C18H26N4O3/c1-13(2)17-11-16(25-22-17)12-21-18(19-3)20-8-9-24-15-7-5-6-14(10-15)23-4/h5-7,10-11,13H,8-9,12H2,1-4H3,(H2,19,20,21). The third kappa shape index (κ3) is 6.02. The maximum absolute atomic E-state index is 5.68. The zero-order chi connectivity index (χ0) is 18.1. The molecule has 0 saturated carbocycles. The van der Waals surface area contributed by atoms with Crippen LogP contribution in [0.15, 0.2) is 39.8 Å². The van der Waals surface area contributed by atoms with Crippen molar-refractivity contribution in [2.24, 2.45) is 4.99 Å². The SMILES string of the molecule is CN=C(NCCOc1cccc(OC)c1)NCc1cc(C(C)C)no1. The Labute approximate surface area is 148 Å². The summed E-state index contributed by atoms with van der Waals surface area (Å²) in [6.07, 6.45) is 0. The molecular weight excluding hydrogens is 320 g/mol. The van der Waals surface area contributed by atoms with Crippen molar-refractivity contribution in [3.05, 3.63) is 41.8 Å². The Bertz CT molecular complexity index is 682. The van der Waals surface area contributed by atoms with Gasteiger partial charge in [0.25, 0.3) is 0 Å². The number of hydrogen-bond donors (Lipinski definition) is 2. The minimum absolute atomic E-state index is 0.351. The van der Waals surface area contributed by atoms with Gasteiger partial charge in [-0.2, -0.15) is 0 Å². The Balaban J connectivity index is 1.71. The number of aliphatic imine (C=N–C) groups is 1. The summed E-state index contributed by atoms with van der Waals surface area (Å²) in [5, 5.41) is 10.4. The highest BCUT2D eigenvalue weighted by molar-refractivity contribution is 5.79. The van der Waals surface area contributed by atoms with Gasteiger partial charge in [0.05, 0.1) is 25.9 Å². The minimum Gasteiger partial charge on any atom is -0.497 e. The van der Waals surface area contributed by atoms with Gasteiger partial charge in [-0.1, -0.05) is 25.1 Å². The molecular formula is C18H26N4O3. The Hall–Kier alpha value is -2.70. The van der Waals surface area contributed by atoms with Crippen molar-refractivity contribution in [3.63, 3.8) is 0 Å². The van der Waals surface area contributed by atoms with Gasteiger partial charge in [0.2, 0.25) is 0 Å². The number of ether oxygens (including phenoxy) is 2. The van der Waals surface area contributed by atoms with Crippen LogP contribution in [0.3, 0.4) is 0 Å². The summed E-state index contributed by atoms with van der Waals surface area (Å²) >= 11 is 0. The van der Waals surface area contributed by atoms with E-state index in [1.165, 1.54) is 0 Å². The number of nitrogens with one attached hydrogen (secondary N) is 2. The van der Waals surface area contributed by atoms with E-state index >= 15 is 0 Å². The number of rotatable bonds is 8. The van der Waals surface area contributed by atoms with Crippen molar-refractivity contribution >= 4 is 5.96 Å². The third-order valence-electron chi connectivity index (χ3n) is 3.53. The first kappa shape index (κ1) is 18.6. The second-order valence-electron chi connectivity index (χ2n) is 5.75. The molecule has 0 bridgehead atoms. The van der Waals surface area contributed by atoms with E-state index in [-0.39, 0.29) is 0 Å². The van der Waals surface area contributed by atoms with Gasteiger partial charge >= 0.3 is 0 Å². The van der Waals surface area contributed by atoms with Gasteiger partial charge in [-0.3, -0.25) is 4.99 Å². The van der Waals surface area contributed by atoms with Gasteiger partial charge in [0.1, 0.15) is 18.1 Å². The molecule has 1 aromatic heterocycles. The van der Waals surface area contributed by atoms with E-state index in [1.54, 1.807) is 14.2 Å². The second-order valence-corrected chi connectivity index (χ2v) is 5.75. The predicted octanol–water partition coefficient (Wildman–Crippen LogP) is 2.55. The largest absolute Gasteiger partial charge is 0.497 e. The molecule has 0 radical (unpaired) electrons. The highest BCUT2D eigenvalue weighted by Crippen LogP contribution is 2.18. The van der Waals surface area contributed by atoms with E-state index in [0.29, 0.717) is 31.6 Å². The summed E-state index contributed by atoms with van der Waals surface area (Å²) in [7, 11) is 3.35. The Morgan fingerprint density at radius 3 is 2.72 bits per heavy atom. The molecule has 0 spiro atoms. The lowest BCUT2D eigenvalue weighted by Crippen LogP contribution is -2.38. The van der Waals surface area contributed by atoms with Crippen LogP contribution in [0, 0.1) is 0 Å². The molecule has 25 heavy (non-hydrogen) atoms. The number of hydrogen-bond acceptors (Lipinski definition) is 5. The van der Waals surface area contributed by atoms with Gasteiger partial charge < -0.3 is 24.6 Å². The predicted molar refractivity (Wildman–Crippen MR) is 97.3 cm³/mol. The van der Waals surface area contributed by atoms with Crippen molar-refractivity contribution in [1.82, 2.24) is 15.8 Å². The Morgan fingerprint density at radius 2 is 2.04 bits per heavy atom. The molecule has 7 nitrogen and oxygen atoms in total. The molecule has 0 fully saturated rings. The molecule has 0 unspecified atom stereocenters. The molecule has 0 atom stereocenters. The molecule has 0 amide bonds. The molecule has 136 valence electrons. The molecule has 1 aromatic carbocycles. The highest BCUT2D eigenvalue weighted by Gasteiger charge is 2.08. The van der Waals surface area contributed by atoms with E-state index in [1.807, 2.05) is 30.3 Å². The fourth-order valence-electron chi connectivity index (χ4n) is 2.11. The van der Waals surface area contributed by atoms with E-state index in [0.717, 1.165) is 23.0 Å². The van der Waals surface area contributed by atoms with Crippen LogP contribution in [0.5, 0.6) is 11.5 Å². The second kappa shape index (κ2) is 9.56. The monoisotopic (exact) mass is 346 g/mol. The van der Waals surface area contributed by atoms with Crippen LogP contribution in [0.1, 0.15) is 31.2 Å². The van der Waals surface area contributed by atoms with Crippen LogP contribution in [-0.2, 0) is 6.54 Å². The normalized spacial score (nSPS) is 11.5. The minimum atomic E-state index is 0.351. The quantitative estimate of drug-likeness (QED) is 0.434. The maximum Gasteiger partial charge on any atom is 0.191 e. The van der Waals surface area contributed by atoms with Crippen molar-refractivity contribution in [3.8, 4) is 11.5 Å². The summed E-state index contributed by atoms with van der Waals surface area (Å²) in [6.45, 7) is 5.81. The van der Waals surface area contributed by atoms with E-state index in [9.17, 15) is 0 Å². The number of nitrogens with zero attached hydrogens (tertiary/aromatic N) is 2. The average Bonchev–Trinajstić information content (AvgIpc) is 3.10. The number of guanidine groups is 1. The average molecular weight is 346 g/mol. The summed E-state index contributed by atoms with van der Waals surface area (Å²) in [4.78, 5) is 4.17. The molecule has 0 aliphatic heterocycles. The van der Waals surface area contributed by atoms with E-state index in [4.69, 9.17) is 14.0 Å². The van der Waals surface area contributed by atoms with Crippen molar-refractivity contribution in [2.75, 3.05) is 27.3 Å². The summed E-state index contributed by atoms with van der Waals surface area (Å²) in [5.41, 5.74) is 0.950. The van der Waals surface area contributed by atoms with E-state index < -0.39 is 0 Å². The van der Waals surface area contributed by atoms with Gasteiger partial charge in [0, 0.05) is 19.2 Å². The first-order chi connectivity index (χ1) is 12.1. The van der Waals surface area contributed by atoms with Crippen molar-refractivity contribution in [2.45, 2.75) is 26.3 Å². The molecule has 0 aliphatic carbocycles. The van der Waals surface area contributed by atoms with Crippen LogP contribution in [0.25, 0.3) is 0 Å². The number of methoxy groups -OCH3 is 1. The number of benzene rings is 1. The fraction of sp³-hybridized carbons (Fsp3) is 0.444. The first-order valence-electron chi connectivity index (χ1n) is 8.29. The topological polar surface area (TPSA) is 80.9 Å². The number of aromatic nitrogens is 1. The molecule has 1 heterocycles. The van der Waals surface area contributed by atoms with Gasteiger partial charge in [-0.05, 0) is 18.1 Å². The lowest BCUT2D eigenvalue weighted by molar-refractivity contribution is 0.318. The van der Waals surface area contributed by atoms with Crippen molar-refractivity contribution < 1.29 is 14.0 Å². The van der Waals surface area contributed by atoms with Crippen molar-refractivity contribution in [1.29, 1.82) is 0 Å². The maximum atomic E-state index is 5.68. The molecule has 2 rings (SSSR count). The first-order valence-corrected chi connectivity index (χ1v) is 8.29. The summed E-state index contributed by atoms with van der Waals surface area (Å²) in [5.74, 6) is 3.35. The lowest BCUT2D eigenvalue weighted by Gasteiger charge is -2.12. The Kier molecular flexibility index (Phi) is 7.13. The van der Waals surface area contributed by atoms with Gasteiger partial charge in [-0.15, -0.1) is 0 Å². The lowest BCUT2D eigenvalue weighted by atomic mass is 10.1. The van der Waals surface area contributed by atoms with Crippen LogP contribution in [0.4, 0.5) is 0 Å². The van der Waals surface area contributed by atoms with Crippen LogP contribution >= 0.6 is 0 Å². The summed E-state index contributed by atoms with van der Waals surface area (Å²) in [6, 6.07) is 9.47. The summed E-state index contributed by atoms with van der Waals surface area (Å²) < 4.78 is 16.1. The Morgan fingerprint density at radius 1 is 1.24 bits per heavy atom. The fourth-order valence-corrected chi connectivity index (χ4v) is 2.11. The molecule has 7 heteroatoms. The zero-order valence-corrected chi connectivity index (χ0v) is 15.2.